The second-order valence-corrected chi connectivity index (χ2v) is 5.94. The molecule has 0 saturated heterocycles. The molecule has 10 heteroatoms. The van der Waals surface area contributed by atoms with Gasteiger partial charge in [-0.3, -0.25) is 9.59 Å². The van der Waals surface area contributed by atoms with Crippen LogP contribution in [0.25, 0.3) is 22.4 Å². The summed E-state index contributed by atoms with van der Waals surface area (Å²) in [4.78, 5) is 28.5. The van der Waals surface area contributed by atoms with Crippen molar-refractivity contribution in [2.45, 2.75) is 13.1 Å². The Morgan fingerprint density at radius 3 is 2.54 bits per heavy atom. The van der Waals surface area contributed by atoms with Crippen LogP contribution in [0.3, 0.4) is 0 Å². The molecule has 2 aromatic heterocycles. The van der Waals surface area contributed by atoms with Gasteiger partial charge in [0.15, 0.2) is 0 Å². The van der Waals surface area contributed by atoms with Crippen molar-refractivity contribution in [2.24, 2.45) is 0 Å². The molecule has 2 N–H and O–H groups in total. The number of nitrogens with one attached hydrogen (secondary N) is 2. The SMILES string of the molecule is Cc1noc2nc(-c3ccccc3)cc(C(=O)NCC(=O)NCC(F)(F)F)c12. The summed E-state index contributed by atoms with van der Waals surface area (Å²) in [5.74, 6) is -1.61. The average Bonchev–Trinajstić information content (AvgIpc) is 3.05. The van der Waals surface area contributed by atoms with Crippen molar-refractivity contribution in [3.05, 3.63) is 47.7 Å². The lowest BCUT2D eigenvalue weighted by Gasteiger charge is -2.10. The van der Waals surface area contributed by atoms with Crippen molar-refractivity contribution in [3.63, 3.8) is 0 Å². The first-order chi connectivity index (χ1) is 13.2. The third kappa shape index (κ3) is 4.45. The number of halogens is 3. The van der Waals surface area contributed by atoms with Crippen LogP contribution in [-0.4, -0.2) is 41.2 Å². The molecule has 0 spiro atoms. The van der Waals surface area contributed by atoms with Crippen LogP contribution < -0.4 is 10.6 Å². The first kappa shape index (κ1) is 19.3. The van der Waals surface area contributed by atoms with Crippen LogP contribution in [0.2, 0.25) is 0 Å². The number of rotatable bonds is 5. The zero-order chi connectivity index (χ0) is 20.3. The molecule has 0 bridgehead atoms. The third-order valence-electron chi connectivity index (χ3n) is 3.83. The number of aryl methyl sites for hydroxylation is 1. The van der Waals surface area contributed by atoms with E-state index >= 15 is 0 Å². The fourth-order valence-corrected chi connectivity index (χ4v) is 2.55. The van der Waals surface area contributed by atoms with Gasteiger partial charge < -0.3 is 15.2 Å². The fourth-order valence-electron chi connectivity index (χ4n) is 2.55. The minimum atomic E-state index is -4.53. The number of alkyl halides is 3. The molecule has 3 aromatic rings. The second-order valence-electron chi connectivity index (χ2n) is 5.94. The first-order valence-electron chi connectivity index (χ1n) is 8.18. The molecule has 0 fully saturated rings. The molecule has 7 nitrogen and oxygen atoms in total. The summed E-state index contributed by atoms with van der Waals surface area (Å²) in [7, 11) is 0. The van der Waals surface area contributed by atoms with E-state index in [9.17, 15) is 22.8 Å². The molecule has 0 aliphatic rings. The Labute approximate surface area is 156 Å². The zero-order valence-corrected chi connectivity index (χ0v) is 14.6. The second kappa shape index (κ2) is 7.67. The predicted molar refractivity (Wildman–Crippen MR) is 93.4 cm³/mol. The summed E-state index contributed by atoms with van der Waals surface area (Å²) in [6, 6.07) is 10.5. The topological polar surface area (TPSA) is 97.1 Å². The van der Waals surface area contributed by atoms with Crippen LogP contribution in [0.15, 0.2) is 40.9 Å². The van der Waals surface area contributed by atoms with E-state index in [1.807, 2.05) is 6.07 Å². The molecular formula is C18H15F3N4O3. The summed E-state index contributed by atoms with van der Waals surface area (Å²) < 4.78 is 41.6. The van der Waals surface area contributed by atoms with E-state index < -0.39 is 31.1 Å². The maximum Gasteiger partial charge on any atom is 0.405 e. The van der Waals surface area contributed by atoms with Crippen molar-refractivity contribution in [1.82, 2.24) is 20.8 Å². The van der Waals surface area contributed by atoms with Gasteiger partial charge in [0.2, 0.25) is 5.91 Å². The van der Waals surface area contributed by atoms with Gasteiger partial charge in [-0.1, -0.05) is 35.5 Å². The van der Waals surface area contributed by atoms with Crippen LogP contribution in [0, 0.1) is 6.92 Å². The number of pyridine rings is 1. The number of fused-ring (bicyclic) bond motifs is 1. The third-order valence-corrected chi connectivity index (χ3v) is 3.83. The molecule has 146 valence electrons. The molecule has 0 unspecified atom stereocenters. The van der Waals surface area contributed by atoms with Gasteiger partial charge in [-0.25, -0.2) is 4.98 Å². The molecule has 2 amide bonds. The van der Waals surface area contributed by atoms with Gasteiger partial charge in [0.05, 0.1) is 28.9 Å². The molecule has 0 radical (unpaired) electrons. The number of benzene rings is 1. The van der Waals surface area contributed by atoms with Crippen LogP contribution in [0.1, 0.15) is 16.1 Å². The lowest BCUT2D eigenvalue weighted by molar-refractivity contribution is -0.137. The van der Waals surface area contributed by atoms with E-state index in [1.165, 1.54) is 6.07 Å². The maximum atomic E-state index is 12.6. The monoisotopic (exact) mass is 392 g/mol. The van der Waals surface area contributed by atoms with Crippen molar-refractivity contribution < 1.29 is 27.3 Å². The van der Waals surface area contributed by atoms with Gasteiger partial charge in [0.1, 0.15) is 6.54 Å². The Morgan fingerprint density at radius 1 is 1.14 bits per heavy atom. The molecule has 1 aromatic carbocycles. The Kier molecular flexibility index (Phi) is 5.30. The van der Waals surface area contributed by atoms with Crippen molar-refractivity contribution >= 4 is 22.9 Å². The fraction of sp³-hybridized carbons (Fsp3) is 0.222. The quantitative estimate of drug-likeness (QED) is 0.696. The number of amides is 2. The summed E-state index contributed by atoms with van der Waals surface area (Å²) in [6.45, 7) is -0.448. The Morgan fingerprint density at radius 2 is 1.86 bits per heavy atom. The summed E-state index contributed by atoms with van der Waals surface area (Å²) in [5, 5.41) is 8.17. The summed E-state index contributed by atoms with van der Waals surface area (Å²) >= 11 is 0. The van der Waals surface area contributed by atoms with Gasteiger partial charge >= 0.3 is 6.18 Å². The van der Waals surface area contributed by atoms with Crippen molar-refractivity contribution in [3.8, 4) is 11.3 Å². The van der Waals surface area contributed by atoms with Crippen LogP contribution in [0.4, 0.5) is 13.2 Å². The van der Waals surface area contributed by atoms with E-state index in [2.05, 4.69) is 15.5 Å². The highest BCUT2D eigenvalue weighted by Gasteiger charge is 2.27. The molecule has 0 aliphatic carbocycles. The van der Waals surface area contributed by atoms with E-state index in [0.29, 0.717) is 16.8 Å². The normalized spacial score (nSPS) is 11.4. The minimum absolute atomic E-state index is 0.144. The highest BCUT2D eigenvalue weighted by atomic mass is 19.4. The van der Waals surface area contributed by atoms with E-state index in [-0.39, 0.29) is 11.3 Å². The molecule has 28 heavy (non-hydrogen) atoms. The van der Waals surface area contributed by atoms with E-state index in [0.717, 1.165) is 5.56 Å². The molecule has 0 atom stereocenters. The largest absolute Gasteiger partial charge is 0.405 e. The van der Waals surface area contributed by atoms with Gasteiger partial charge in [0, 0.05) is 5.56 Å². The molecule has 0 saturated carbocycles. The highest BCUT2D eigenvalue weighted by Crippen LogP contribution is 2.26. The number of aromatic nitrogens is 2. The van der Waals surface area contributed by atoms with Crippen LogP contribution in [0.5, 0.6) is 0 Å². The number of hydrogen-bond donors (Lipinski definition) is 2. The Balaban J connectivity index is 1.84. The number of hydrogen-bond acceptors (Lipinski definition) is 5. The van der Waals surface area contributed by atoms with Crippen molar-refractivity contribution in [1.29, 1.82) is 0 Å². The minimum Gasteiger partial charge on any atom is -0.345 e. The highest BCUT2D eigenvalue weighted by molar-refractivity contribution is 6.07. The summed E-state index contributed by atoms with van der Waals surface area (Å²) in [5.41, 5.74) is 1.91. The number of nitrogens with zero attached hydrogens (tertiary/aromatic N) is 2. The van der Waals surface area contributed by atoms with E-state index in [4.69, 9.17) is 4.52 Å². The Bertz CT molecular complexity index is 1020. The zero-order valence-electron chi connectivity index (χ0n) is 14.6. The lowest BCUT2D eigenvalue weighted by Crippen LogP contribution is -2.40. The van der Waals surface area contributed by atoms with Gasteiger partial charge in [-0.05, 0) is 13.0 Å². The van der Waals surface area contributed by atoms with Crippen LogP contribution in [-0.2, 0) is 4.79 Å². The van der Waals surface area contributed by atoms with Crippen LogP contribution >= 0.6 is 0 Å². The number of carbonyl (C=O) groups excluding carboxylic acids is 2. The first-order valence-corrected chi connectivity index (χ1v) is 8.18. The number of carbonyl (C=O) groups is 2. The van der Waals surface area contributed by atoms with E-state index in [1.54, 1.807) is 36.5 Å². The van der Waals surface area contributed by atoms with Gasteiger partial charge in [-0.2, -0.15) is 13.2 Å². The predicted octanol–water partition coefficient (Wildman–Crippen LogP) is 2.61. The molecule has 3 rings (SSSR count). The molecule has 0 aliphatic heterocycles. The summed E-state index contributed by atoms with van der Waals surface area (Å²) in [6.07, 6.45) is -4.53. The van der Waals surface area contributed by atoms with Gasteiger partial charge in [-0.15, -0.1) is 0 Å². The van der Waals surface area contributed by atoms with Crippen molar-refractivity contribution in [2.75, 3.05) is 13.1 Å². The standard InChI is InChI=1S/C18H15F3N4O3/c1-10-15-12(16(27)22-8-14(26)23-9-18(19,20)21)7-13(24-17(15)28-25-10)11-5-3-2-4-6-11/h2-7H,8-9H2,1H3,(H,22,27)(H,23,26). The average molecular weight is 392 g/mol. The smallest absolute Gasteiger partial charge is 0.345 e. The maximum absolute atomic E-state index is 12.6. The van der Waals surface area contributed by atoms with Gasteiger partial charge in [0.25, 0.3) is 11.6 Å². The molecular weight excluding hydrogens is 377 g/mol. The Hall–Kier alpha value is -3.43. The lowest BCUT2D eigenvalue weighted by atomic mass is 10.1. The molecule has 2 heterocycles.